The van der Waals surface area contributed by atoms with Crippen LogP contribution in [0.1, 0.15) is 12.0 Å². The lowest BCUT2D eigenvalue weighted by Crippen LogP contribution is -2.12. The van der Waals surface area contributed by atoms with Gasteiger partial charge in [0.25, 0.3) is 5.69 Å². The minimum Gasteiger partial charge on any atom is -0.298 e. The van der Waals surface area contributed by atoms with Gasteiger partial charge in [0.1, 0.15) is 5.78 Å². The van der Waals surface area contributed by atoms with E-state index >= 15 is 0 Å². The van der Waals surface area contributed by atoms with E-state index in [2.05, 4.69) is 0 Å². The largest absolute Gasteiger partial charge is 0.298 e. The first-order valence-electron chi connectivity index (χ1n) is 5.51. The Morgan fingerprint density at radius 2 is 2.18 bits per heavy atom. The highest BCUT2D eigenvalue weighted by molar-refractivity contribution is 8.00. The van der Waals surface area contributed by atoms with Crippen LogP contribution < -0.4 is 0 Å². The highest BCUT2D eigenvalue weighted by Crippen LogP contribution is 2.26. The topological polar surface area (TPSA) is 60.2 Å². The molecule has 90 valence electrons. The Balaban J connectivity index is 2.03. The predicted octanol–water partition coefficient (Wildman–Crippen LogP) is 2.46. The van der Waals surface area contributed by atoms with Gasteiger partial charge in [-0.1, -0.05) is 18.2 Å². The molecule has 0 aliphatic carbocycles. The van der Waals surface area contributed by atoms with Crippen LogP contribution in [-0.4, -0.2) is 22.2 Å². The molecule has 1 aliphatic heterocycles. The van der Waals surface area contributed by atoms with Gasteiger partial charge in [-0.15, -0.1) is 0 Å². The van der Waals surface area contributed by atoms with Crippen molar-refractivity contribution in [2.75, 3.05) is 11.5 Å². The van der Waals surface area contributed by atoms with E-state index in [-0.39, 0.29) is 22.3 Å². The van der Waals surface area contributed by atoms with Gasteiger partial charge in [0, 0.05) is 23.3 Å². The summed E-state index contributed by atoms with van der Waals surface area (Å²) in [4.78, 5) is 21.9. The number of carbonyl (C=O) groups excluding carboxylic acids is 1. The smallest absolute Gasteiger partial charge is 0.272 e. The van der Waals surface area contributed by atoms with Crippen molar-refractivity contribution >= 4 is 23.2 Å². The number of aryl methyl sites for hydroxylation is 1. The zero-order valence-electron chi connectivity index (χ0n) is 9.30. The quantitative estimate of drug-likeness (QED) is 0.609. The van der Waals surface area contributed by atoms with Crippen LogP contribution in [-0.2, 0) is 11.2 Å². The molecule has 0 aromatic heterocycles. The zero-order valence-corrected chi connectivity index (χ0v) is 10.1. The first-order chi connectivity index (χ1) is 8.18. The van der Waals surface area contributed by atoms with Crippen molar-refractivity contribution in [3.05, 3.63) is 39.9 Å². The van der Waals surface area contributed by atoms with Crippen LogP contribution in [0, 0.1) is 16.0 Å². The second-order valence-corrected chi connectivity index (χ2v) is 5.13. The van der Waals surface area contributed by atoms with Crippen LogP contribution in [0.2, 0.25) is 0 Å². The maximum Gasteiger partial charge on any atom is 0.272 e. The second kappa shape index (κ2) is 5.31. The molecule has 1 saturated heterocycles. The molecule has 4 nitrogen and oxygen atoms in total. The molecule has 0 radical (unpaired) electrons. The van der Waals surface area contributed by atoms with Gasteiger partial charge in [-0.3, -0.25) is 14.9 Å². The molecule has 1 aromatic rings. The molecule has 0 saturated carbocycles. The number of thioether (sulfide) groups is 1. The average Bonchev–Trinajstić information content (AvgIpc) is 2.72. The molecule has 5 heteroatoms. The first-order valence-corrected chi connectivity index (χ1v) is 6.66. The number of hydrogen-bond donors (Lipinski definition) is 0. The molecule has 1 atom stereocenters. The molecule has 0 spiro atoms. The summed E-state index contributed by atoms with van der Waals surface area (Å²) >= 11 is 1.65. The molecule has 1 fully saturated rings. The minimum atomic E-state index is -0.361. The summed E-state index contributed by atoms with van der Waals surface area (Å²) in [6.45, 7) is 0. The standard InChI is InChI=1S/C12H13NO3S/c14-12-8-17-7-10(12)6-5-9-3-1-2-4-11(9)13(15)16/h1-4,10H,5-8H2. The molecular formula is C12H13NO3S. The van der Waals surface area contributed by atoms with Gasteiger partial charge < -0.3 is 0 Å². The van der Waals surface area contributed by atoms with E-state index in [9.17, 15) is 14.9 Å². The molecule has 0 bridgehead atoms. The number of nitrogens with zero attached hydrogens (tertiary/aromatic N) is 1. The van der Waals surface area contributed by atoms with Gasteiger partial charge in [-0.2, -0.15) is 11.8 Å². The highest BCUT2D eigenvalue weighted by atomic mass is 32.2. The van der Waals surface area contributed by atoms with Crippen LogP contribution in [0.25, 0.3) is 0 Å². The molecule has 17 heavy (non-hydrogen) atoms. The number of rotatable bonds is 4. The van der Waals surface area contributed by atoms with E-state index in [4.69, 9.17) is 0 Å². The van der Waals surface area contributed by atoms with E-state index in [1.807, 2.05) is 0 Å². The summed E-state index contributed by atoms with van der Waals surface area (Å²) in [7, 11) is 0. The van der Waals surface area contributed by atoms with Crippen LogP contribution in [0.5, 0.6) is 0 Å². The summed E-state index contributed by atoms with van der Waals surface area (Å²) in [5, 5.41) is 10.8. The Bertz CT molecular complexity index is 447. The van der Waals surface area contributed by atoms with Crippen LogP contribution >= 0.6 is 11.8 Å². The lowest BCUT2D eigenvalue weighted by molar-refractivity contribution is -0.385. The summed E-state index contributed by atoms with van der Waals surface area (Å²) in [6, 6.07) is 6.75. The number of para-hydroxylation sites is 1. The van der Waals surface area contributed by atoms with Crippen molar-refractivity contribution in [2.24, 2.45) is 5.92 Å². The Labute approximate surface area is 104 Å². The minimum absolute atomic E-state index is 0.0832. The Hall–Kier alpha value is -1.36. The lowest BCUT2D eigenvalue weighted by Gasteiger charge is -2.07. The van der Waals surface area contributed by atoms with Gasteiger partial charge in [0.05, 0.1) is 10.7 Å². The fraction of sp³-hybridized carbons (Fsp3) is 0.417. The molecule has 1 aliphatic rings. The van der Waals surface area contributed by atoms with E-state index in [0.717, 1.165) is 17.7 Å². The van der Waals surface area contributed by atoms with E-state index in [1.54, 1.807) is 30.0 Å². The lowest BCUT2D eigenvalue weighted by atomic mass is 9.97. The third-order valence-electron chi connectivity index (χ3n) is 2.97. The fourth-order valence-corrected chi connectivity index (χ4v) is 3.18. The van der Waals surface area contributed by atoms with E-state index in [0.29, 0.717) is 12.2 Å². The van der Waals surface area contributed by atoms with Crippen LogP contribution in [0.3, 0.4) is 0 Å². The van der Waals surface area contributed by atoms with Crippen molar-refractivity contribution in [3.8, 4) is 0 Å². The molecule has 1 aromatic carbocycles. The maximum atomic E-state index is 11.5. The third kappa shape index (κ3) is 2.85. The van der Waals surface area contributed by atoms with E-state index in [1.165, 1.54) is 6.07 Å². The number of ketones is 1. The summed E-state index contributed by atoms with van der Waals surface area (Å²) in [5.74, 6) is 1.83. The van der Waals surface area contributed by atoms with Crippen molar-refractivity contribution in [1.82, 2.24) is 0 Å². The normalized spacial score (nSPS) is 19.5. The number of carbonyl (C=O) groups is 1. The number of nitro benzene ring substituents is 1. The summed E-state index contributed by atoms with van der Waals surface area (Å²) < 4.78 is 0. The van der Waals surface area contributed by atoms with E-state index < -0.39 is 0 Å². The van der Waals surface area contributed by atoms with Crippen molar-refractivity contribution in [3.63, 3.8) is 0 Å². The molecule has 2 rings (SSSR count). The third-order valence-corrected chi connectivity index (χ3v) is 4.10. The number of nitro groups is 1. The monoisotopic (exact) mass is 251 g/mol. The van der Waals surface area contributed by atoms with Gasteiger partial charge >= 0.3 is 0 Å². The van der Waals surface area contributed by atoms with Crippen LogP contribution in [0.4, 0.5) is 5.69 Å². The molecule has 1 heterocycles. The molecule has 1 unspecified atom stereocenters. The van der Waals surface area contributed by atoms with Crippen LogP contribution in [0.15, 0.2) is 24.3 Å². The van der Waals surface area contributed by atoms with Crippen molar-refractivity contribution < 1.29 is 9.72 Å². The fourth-order valence-electron chi connectivity index (χ4n) is 1.99. The summed E-state index contributed by atoms with van der Waals surface area (Å²) in [5.41, 5.74) is 0.882. The Morgan fingerprint density at radius 1 is 1.41 bits per heavy atom. The SMILES string of the molecule is O=C1CSCC1CCc1ccccc1[N+](=O)[O-]. The Morgan fingerprint density at radius 3 is 2.82 bits per heavy atom. The number of Topliss-reactive ketones (excluding diaryl/α,β-unsaturated/α-hetero) is 1. The van der Waals surface area contributed by atoms with Crippen molar-refractivity contribution in [2.45, 2.75) is 12.8 Å². The number of hydrogen-bond acceptors (Lipinski definition) is 4. The second-order valence-electron chi connectivity index (χ2n) is 4.10. The predicted molar refractivity (Wildman–Crippen MR) is 67.2 cm³/mol. The number of benzene rings is 1. The Kier molecular flexibility index (Phi) is 3.78. The molecular weight excluding hydrogens is 238 g/mol. The van der Waals surface area contributed by atoms with Crippen molar-refractivity contribution in [1.29, 1.82) is 0 Å². The highest BCUT2D eigenvalue weighted by Gasteiger charge is 2.25. The van der Waals surface area contributed by atoms with Gasteiger partial charge in [-0.25, -0.2) is 0 Å². The van der Waals surface area contributed by atoms with Gasteiger partial charge in [0.15, 0.2) is 0 Å². The van der Waals surface area contributed by atoms with Gasteiger partial charge in [-0.05, 0) is 12.8 Å². The van der Waals surface area contributed by atoms with Gasteiger partial charge in [0.2, 0.25) is 0 Å². The zero-order chi connectivity index (χ0) is 12.3. The average molecular weight is 251 g/mol. The summed E-state index contributed by atoms with van der Waals surface area (Å²) in [6.07, 6.45) is 1.32. The molecule has 0 N–H and O–H groups in total. The maximum absolute atomic E-state index is 11.5. The molecule has 0 amide bonds. The first kappa shape index (κ1) is 12.1.